The van der Waals surface area contributed by atoms with E-state index >= 15 is 0 Å². The fourth-order valence-corrected chi connectivity index (χ4v) is 13.7. The molecule has 2 aliphatic rings. The van der Waals surface area contributed by atoms with Crippen LogP contribution in [0.5, 0.6) is 0 Å². The summed E-state index contributed by atoms with van der Waals surface area (Å²) in [5.41, 5.74) is 27.0. The SMILES string of the molecule is CC(C)(C)c1ccc(-c2cc3c(c4oc5ccc(-c6ccccc6)cc5c24)B2c4c(cc(-c5ccccc5)cc4N(c4ccccc4)c4cc(-c5ccc(C(C)(C)C)cc5)c5c(oc6ccc(-c7ccccc7)cc65)c42)N3c2ccccc2)cc1. The molecule has 16 rings (SSSR count). The van der Waals surface area contributed by atoms with Crippen molar-refractivity contribution >= 4 is 101 Å². The average molecular weight is 1090 g/mol. The molecule has 0 amide bonds. The van der Waals surface area contributed by atoms with Crippen LogP contribution in [0.3, 0.4) is 0 Å². The summed E-state index contributed by atoms with van der Waals surface area (Å²) < 4.78 is 15.4. The maximum Gasteiger partial charge on any atom is 0.261 e. The number of rotatable bonds is 7. The molecular weight excluding hydrogens is 1030 g/mol. The van der Waals surface area contributed by atoms with Crippen LogP contribution in [0.25, 0.3) is 99.5 Å². The van der Waals surface area contributed by atoms with E-state index in [9.17, 15) is 0 Å². The topological polar surface area (TPSA) is 32.8 Å². The van der Waals surface area contributed by atoms with Gasteiger partial charge in [0.1, 0.15) is 22.3 Å². The second-order valence-electron chi connectivity index (χ2n) is 25.2. The van der Waals surface area contributed by atoms with Gasteiger partial charge in [-0.2, -0.15) is 0 Å². The van der Waals surface area contributed by atoms with E-state index in [2.05, 4.69) is 312 Å². The molecule has 0 unspecified atom stereocenters. The van der Waals surface area contributed by atoms with Gasteiger partial charge in [-0.15, -0.1) is 0 Å². The zero-order valence-electron chi connectivity index (χ0n) is 48.6. The van der Waals surface area contributed by atoms with Crippen LogP contribution in [0.15, 0.2) is 270 Å². The highest BCUT2D eigenvalue weighted by atomic mass is 16.3. The molecule has 0 aliphatic carbocycles. The summed E-state index contributed by atoms with van der Waals surface area (Å²) in [7, 11) is 0. The Kier molecular flexibility index (Phi) is 11.5. The number of nitrogens with zero attached hydrogens (tertiary/aromatic N) is 2. The first-order chi connectivity index (χ1) is 41.4. The lowest BCUT2D eigenvalue weighted by molar-refractivity contribution is 0.590. The molecule has 4 heterocycles. The van der Waals surface area contributed by atoms with Crippen LogP contribution in [0, 0.1) is 0 Å². The van der Waals surface area contributed by atoms with Crippen molar-refractivity contribution in [2.24, 2.45) is 0 Å². The Morgan fingerprint density at radius 2 is 0.624 bits per heavy atom. The number of fused-ring (bicyclic) bond motifs is 12. The quantitative estimate of drug-likeness (QED) is 0.149. The van der Waals surface area contributed by atoms with Gasteiger partial charge in [-0.3, -0.25) is 0 Å². The molecule has 5 heteroatoms. The Bertz CT molecular complexity index is 4630. The molecule has 0 fully saturated rings. The van der Waals surface area contributed by atoms with Crippen LogP contribution < -0.4 is 26.2 Å². The maximum absolute atomic E-state index is 7.69. The molecular formula is C80H61BN2O2. The van der Waals surface area contributed by atoms with Crippen molar-refractivity contribution in [1.82, 2.24) is 0 Å². The number of benzene rings is 12. The first kappa shape index (κ1) is 50.6. The monoisotopic (exact) mass is 1090 g/mol. The average Bonchev–Trinajstić information content (AvgIpc) is 1.68. The standard InChI is InChI=1S/C80H61BN2O2/c1-79(2,3)58-38-32-53(33-39-58)62-48-68-75(77-72(62)64-44-55(36-42-70(64)84-77)50-22-12-7-13-23-50)81-74-66(82(68)60-28-18-10-19-29-60)46-57(52-26-16-9-17-27-52)47-67(74)83(61-30-20-11-21-31-61)69-49-63(54-34-40-59(41-35-54)80(4,5)6)73-65-45-56(51-24-14-8-15-25-51)37-43-71(65)85-78(73)76(69)81/h7-49H,1-6H3. The fourth-order valence-electron chi connectivity index (χ4n) is 13.7. The minimum Gasteiger partial charge on any atom is -0.456 e. The van der Waals surface area contributed by atoms with Crippen LogP contribution >= 0.6 is 0 Å². The zero-order chi connectivity index (χ0) is 57.3. The zero-order valence-corrected chi connectivity index (χ0v) is 48.6. The minimum atomic E-state index is -0.386. The van der Waals surface area contributed by atoms with Crippen LogP contribution in [-0.2, 0) is 10.8 Å². The summed E-state index contributed by atoms with van der Waals surface area (Å²) >= 11 is 0. The lowest BCUT2D eigenvalue weighted by atomic mass is 9.33. The van der Waals surface area contributed by atoms with Crippen LogP contribution in [0.2, 0.25) is 0 Å². The number of anilines is 6. The molecule has 0 saturated carbocycles. The van der Waals surface area contributed by atoms with E-state index in [0.717, 1.165) is 145 Å². The largest absolute Gasteiger partial charge is 0.456 e. The Labute approximate surface area is 497 Å². The molecule has 0 N–H and O–H groups in total. The molecule has 0 atom stereocenters. The number of hydrogen-bond donors (Lipinski definition) is 0. The summed E-state index contributed by atoms with van der Waals surface area (Å²) in [4.78, 5) is 5.04. The van der Waals surface area contributed by atoms with E-state index in [0.29, 0.717) is 0 Å². The molecule has 12 aromatic carbocycles. The van der Waals surface area contributed by atoms with E-state index in [1.165, 1.54) is 16.6 Å². The molecule has 85 heavy (non-hydrogen) atoms. The normalized spacial score (nSPS) is 13.0. The third-order valence-corrected chi connectivity index (χ3v) is 18.0. The second kappa shape index (κ2) is 19.2. The van der Waals surface area contributed by atoms with Gasteiger partial charge in [0.2, 0.25) is 0 Å². The third kappa shape index (κ3) is 8.20. The van der Waals surface area contributed by atoms with E-state index < -0.39 is 0 Å². The van der Waals surface area contributed by atoms with Gasteiger partial charge in [0, 0.05) is 55.7 Å². The molecule has 2 aromatic heterocycles. The van der Waals surface area contributed by atoms with Gasteiger partial charge in [0.15, 0.2) is 0 Å². The molecule has 4 nitrogen and oxygen atoms in total. The highest BCUT2D eigenvalue weighted by molar-refractivity contribution is 7.03. The summed E-state index contributed by atoms with van der Waals surface area (Å²) in [6.07, 6.45) is 0. The van der Waals surface area contributed by atoms with Crippen molar-refractivity contribution in [3.05, 3.63) is 272 Å². The summed E-state index contributed by atoms with van der Waals surface area (Å²) in [5, 5.41) is 4.32. The van der Waals surface area contributed by atoms with E-state index in [4.69, 9.17) is 8.83 Å². The van der Waals surface area contributed by atoms with Gasteiger partial charge in [0.05, 0.1) is 0 Å². The van der Waals surface area contributed by atoms with Crippen LogP contribution in [0.4, 0.5) is 34.1 Å². The van der Waals surface area contributed by atoms with Crippen LogP contribution in [-0.4, -0.2) is 6.71 Å². The smallest absolute Gasteiger partial charge is 0.261 e. The van der Waals surface area contributed by atoms with Crippen molar-refractivity contribution in [1.29, 1.82) is 0 Å². The Hall–Kier alpha value is -10.1. The van der Waals surface area contributed by atoms with Gasteiger partial charge in [-0.1, -0.05) is 230 Å². The number of para-hydroxylation sites is 2. The van der Waals surface area contributed by atoms with Gasteiger partial charge in [-0.05, 0) is 167 Å². The predicted octanol–water partition coefficient (Wildman–Crippen LogP) is 20.5. The van der Waals surface area contributed by atoms with Gasteiger partial charge < -0.3 is 18.6 Å². The molecule has 0 spiro atoms. The molecule has 0 radical (unpaired) electrons. The van der Waals surface area contributed by atoms with Gasteiger partial charge >= 0.3 is 0 Å². The van der Waals surface area contributed by atoms with Crippen LogP contribution in [0.1, 0.15) is 52.7 Å². The molecule has 0 bridgehead atoms. The molecule has 14 aromatic rings. The fraction of sp³-hybridized carbons (Fsp3) is 0.100. The van der Waals surface area contributed by atoms with Gasteiger partial charge in [-0.25, -0.2) is 0 Å². The van der Waals surface area contributed by atoms with E-state index in [1.54, 1.807) is 0 Å². The molecule has 406 valence electrons. The maximum atomic E-state index is 7.69. The van der Waals surface area contributed by atoms with E-state index in [-0.39, 0.29) is 17.5 Å². The van der Waals surface area contributed by atoms with Crippen molar-refractivity contribution in [2.75, 3.05) is 9.80 Å². The van der Waals surface area contributed by atoms with Gasteiger partial charge in [0.25, 0.3) is 6.71 Å². The highest BCUT2D eigenvalue weighted by Gasteiger charge is 2.48. The Balaban J connectivity index is 1.10. The minimum absolute atomic E-state index is 0.0263. The molecule has 0 saturated heterocycles. The second-order valence-corrected chi connectivity index (χ2v) is 25.2. The summed E-state index contributed by atoms with van der Waals surface area (Å²) in [5.74, 6) is 0. The van der Waals surface area contributed by atoms with Crippen molar-refractivity contribution in [3.8, 4) is 55.6 Å². The number of furan rings is 2. The first-order valence-corrected chi connectivity index (χ1v) is 29.8. The predicted molar refractivity (Wildman–Crippen MR) is 360 cm³/mol. The lowest BCUT2D eigenvalue weighted by Gasteiger charge is -2.44. The summed E-state index contributed by atoms with van der Waals surface area (Å²) in [6, 6.07) is 96.1. The summed E-state index contributed by atoms with van der Waals surface area (Å²) in [6.45, 7) is 13.3. The highest BCUT2D eigenvalue weighted by Crippen LogP contribution is 2.52. The Morgan fingerprint density at radius 3 is 0.988 bits per heavy atom. The van der Waals surface area contributed by atoms with Crippen molar-refractivity contribution < 1.29 is 8.83 Å². The molecule has 2 aliphatic heterocycles. The number of hydrogen-bond acceptors (Lipinski definition) is 4. The Morgan fingerprint density at radius 1 is 0.294 bits per heavy atom. The first-order valence-electron chi connectivity index (χ1n) is 29.8. The third-order valence-electron chi connectivity index (χ3n) is 18.0. The van der Waals surface area contributed by atoms with E-state index in [1.807, 2.05) is 0 Å². The van der Waals surface area contributed by atoms with Crippen molar-refractivity contribution in [2.45, 2.75) is 52.4 Å². The van der Waals surface area contributed by atoms with Crippen molar-refractivity contribution in [3.63, 3.8) is 0 Å². The lowest BCUT2D eigenvalue weighted by Crippen LogP contribution is -2.61.